The van der Waals surface area contributed by atoms with E-state index in [9.17, 15) is 23.1 Å². The molecule has 2 amide bonds. The Hall–Kier alpha value is -4.56. The number of thioether (sulfide) groups is 1. The van der Waals surface area contributed by atoms with Gasteiger partial charge in [0.15, 0.2) is 11.0 Å². The molecule has 0 radical (unpaired) electrons. The van der Waals surface area contributed by atoms with Crippen LogP contribution in [0.2, 0.25) is 0 Å². The third kappa shape index (κ3) is 7.32. The second-order valence-electron chi connectivity index (χ2n) is 10.0. The highest BCUT2D eigenvalue weighted by atomic mass is 32.2. The van der Waals surface area contributed by atoms with Gasteiger partial charge in [0, 0.05) is 23.5 Å². The number of anilines is 1. The van der Waals surface area contributed by atoms with E-state index < -0.39 is 18.6 Å². The second kappa shape index (κ2) is 13.0. The zero-order chi connectivity index (χ0) is 31.4. The van der Waals surface area contributed by atoms with E-state index in [2.05, 4.69) is 25.1 Å². The molecule has 4 aromatic rings. The molecule has 1 aromatic heterocycles. The number of halogens is 3. The first-order valence-corrected chi connectivity index (χ1v) is 14.5. The maximum Gasteiger partial charge on any atom is 0.573 e. The van der Waals surface area contributed by atoms with Gasteiger partial charge < -0.3 is 19.9 Å². The Morgan fingerprint density at radius 2 is 1.82 bits per heavy atom. The third-order valence-electron chi connectivity index (χ3n) is 6.66. The maximum absolute atomic E-state index is 12.8. The van der Waals surface area contributed by atoms with Crippen LogP contribution in [0.4, 0.5) is 23.7 Å². The number of aliphatic imine (C=N–C) groups is 1. The quantitative estimate of drug-likeness (QED) is 0.241. The van der Waals surface area contributed by atoms with Crippen LogP contribution in [0, 0.1) is 0 Å². The van der Waals surface area contributed by atoms with Crippen molar-refractivity contribution in [3.8, 4) is 28.6 Å². The van der Waals surface area contributed by atoms with Crippen LogP contribution >= 0.6 is 11.8 Å². The Labute approximate surface area is 255 Å². The van der Waals surface area contributed by atoms with Crippen molar-refractivity contribution >= 4 is 28.6 Å². The molecular formula is C30H29F3N6O4S. The zero-order valence-electron chi connectivity index (χ0n) is 23.9. The molecule has 1 aliphatic heterocycles. The molecule has 10 nitrogen and oxygen atoms in total. The van der Waals surface area contributed by atoms with Gasteiger partial charge in [-0.1, -0.05) is 49.9 Å². The summed E-state index contributed by atoms with van der Waals surface area (Å²) in [6, 6.07) is 17.6. The van der Waals surface area contributed by atoms with E-state index in [1.54, 1.807) is 24.1 Å². The number of hydrogen-bond acceptors (Lipinski definition) is 7. The van der Waals surface area contributed by atoms with E-state index in [4.69, 9.17) is 4.74 Å². The number of benzene rings is 3. The standard InChI is InChI=1S/C30H29F3N6O4S/c1-18(2)24-14-23(42-3)12-13-25(24)39-26(40)16-44-29(39)36-28(41)34-15-19-4-6-20(7-5-19)27-35-17-38(37-27)21-8-10-22(11-9-21)43-30(31,32)33/h4-14,17-18,26,40H,15-16H2,1-3H3,(H,34,41). The summed E-state index contributed by atoms with van der Waals surface area (Å²) in [7, 11) is 1.60. The minimum Gasteiger partial charge on any atom is -0.497 e. The Morgan fingerprint density at radius 3 is 2.48 bits per heavy atom. The molecule has 2 N–H and O–H groups in total. The number of aliphatic hydroxyl groups is 1. The van der Waals surface area contributed by atoms with E-state index in [1.807, 2.05) is 44.2 Å². The van der Waals surface area contributed by atoms with Crippen LogP contribution < -0.4 is 19.7 Å². The van der Waals surface area contributed by atoms with Gasteiger partial charge in [0.05, 0.1) is 12.8 Å². The Bertz CT molecular complexity index is 1640. The fourth-order valence-corrected chi connectivity index (χ4v) is 5.46. The van der Waals surface area contributed by atoms with Crippen molar-refractivity contribution in [3.63, 3.8) is 0 Å². The molecular weight excluding hydrogens is 597 g/mol. The zero-order valence-corrected chi connectivity index (χ0v) is 24.8. The monoisotopic (exact) mass is 626 g/mol. The van der Waals surface area contributed by atoms with E-state index >= 15 is 0 Å². The first-order valence-electron chi connectivity index (χ1n) is 13.5. The molecule has 44 heavy (non-hydrogen) atoms. The lowest BCUT2D eigenvalue weighted by Crippen LogP contribution is -2.35. The summed E-state index contributed by atoms with van der Waals surface area (Å²) in [5, 5.41) is 18.3. The fourth-order valence-electron chi connectivity index (χ4n) is 4.51. The number of ether oxygens (including phenoxy) is 2. The Balaban J connectivity index is 1.22. The van der Waals surface area contributed by atoms with E-state index in [-0.39, 0.29) is 18.2 Å². The van der Waals surface area contributed by atoms with Gasteiger partial charge >= 0.3 is 12.4 Å². The van der Waals surface area contributed by atoms with Gasteiger partial charge in [-0.25, -0.2) is 14.5 Å². The fraction of sp³-hybridized carbons (Fsp3) is 0.267. The van der Waals surface area contributed by atoms with Gasteiger partial charge in [0.2, 0.25) is 0 Å². The van der Waals surface area contributed by atoms with Crippen molar-refractivity contribution in [1.82, 2.24) is 20.1 Å². The molecule has 1 aliphatic rings. The smallest absolute Gasteiger partial charge is 0.497 e. The van der Waals surface area contributed by atoms with E-state index in [0.29, 0.717) is 33.7 Å². The summed E-state index contributed by atoms with van der Waals surface area (Å²) >= 11 is 1.30. The Morgan fingerprint density at radius 1 is 1.11 bits per heavy atom. The van der Waals surface area contributed by atoms with Crippen molar-refractivity contribution in [3.05, 3.63) is 84.2 Å². The molecule has 2 heterocycles. The molecule has 0 saturated carbocycles. The molecule has 1 saturated heterocycles. The minimum atomic E-state index is -4.76. The highest BCUT2D eigenvalue weighted by molar-refractivity contribution is 8.14. The molecule has 0 spiro atoms. The van der Waals surface area contributed by atoms with E-state index in [0.717, 1.165) is 16.8 Å². The number of rotatable bonds is 8. The van der Waals surface area contributed by atoms with Crippen LogP contribution in [0.3, 0.4) is 0 Å². The number of amidine groups is 1. The summed E-state index contributed by atoms with van der Waals surface area (Å²) in [6.45, 7) is 4.31. The molecule has 5 rings (SSSR count). The minimum absolute atomic E-state index is 0.146. The van der Waals surface area contributed by atoms with Gasteiger partial charge in [0.25, 0.3) is 0 Å². The molecule has 1 atom stereocenters. The molecule has 0 aliphatic carbocycles. The van der Waals surface area contributed by atoms with Crippen molar-refractivity contribution in [1.29, 1.82) is 0 Å². The average molecular weight is 627 g/mol. The van der Waals surface area contributed by atoms with Crippen LogP contribution in [-0.2, 0) is 6.54 Å². The number of carbonyl (C=O) groups is 1. The SMILES string of the molecule is COc1ccc(N2C(=NC(=O)NCc3ccc(-c4ncn(-c5ccc(OC(F)(F)F)cc5)n4)cc3)SCC2O)c(C(C)C)c1. The van der Waals surface area contributed by atoms with Gasteiger partial charge in [-0.15, -0.1) is 18.3 Å². The lowest BCUT2D eigenvalue weighted by Gasteiger charge is -2.26. The predicted molar refractivity (Wildman–Crippen MR) is 161 cm³/mol. The molecule has 1 fully saturated rings. The summed E-state index contributed by atoms with van der Waals surface area (Å²) in [5.74, 6) is 1.31. The predicted octanol–water partition coefficient (Wildman–Crippen LogP) is 6.10. The van der Waals surface area contributed by atoms with Crippen molar-refractivity contribution < 1.29 is 32.5 Å². The lowest BCUT2D eigenvalue weighted by atomic mass is 10.00. The summed E-state index contributed by atoms with van der Waals surface area (Å²) in [5.41, 5.74) is 3.77. The summed E-state index contributed by atoms with van der Waals surface area (Å²) < 4.78 is 47.9. The molecule has 0 bridgehead atoms. The first-order chi connectivity index (χ1) is 21.0. The highest BCUT2D eigenvalue weighted by Gasteiger charge is 2.33. The summed E-state index contributed by atoms with van der Waals surface area (Å²) in [4.78, 5) is 23.0. The molecule has 14 heteroatoms. The van der Waals surface area contributed by atoms with Crippen LogP contribution in [0.5, 0.6) is 11.5 Å². The third-order valence-corrected chi connectivity index (χ3v) is 7.67. The Kier molecular flexibility index (Phi) is 9.11. The van der Waals surface area contributed by atoms with Gasteiger partial charge in [-0.05, 0) is 59.5 Å². The average Bonchev–Trinajstić information content (AvgIpc) is 3.62. The van der Waals surface area contributed by atoms with Gasteiger partial charge in [0.1, 0.15) is 24.1 Å². The van der Waals surface area contributed by atoms with Crippen molar-refractivity contribution in [2.45, 2.75) is 38.9 Å². The molecule has 3 aromatic carbocycles. The largest absolute Gasteiger partial charge is 0.573 e. The maximum atomic E-state index is 12.8. The highest BCUT2D eigenvalue weighted by Crippen LogP contribution is 2.37. The number of nitrogens with one attached hydrogen (secondary N) is 1. The van der Waals surface area contributed by atoms with Crippen molar-refractivity contribution in [2.24, 2.45) is 4.99 Å². The molecule has 230 valence electrons. The van der Waals surface area contributed by atoms with Gasteiger partial charge in [-0.2, -0.15) is 4.99 Å². The number of carbonyl (C=O) groups excluding carboxylic acids is 1. The van der Waals surface area contributed by atoms with Crippen LogP contribution in [0.25, 0.3) is 17.1 Å². The number of urea groups is 1. The topological polar surface area (TPSA) is 114 Å². The number of amides is 2. The number of nitrogens with zero attached hydrogens (tertiary/aromatic N) is 5. The number of aromatic nitrogens is 3. The number of aliphatic hydroxyl groups excluding tert-OH is 1. The second-order valence-corrected chi connectivity index (χ2v) is 11.0. The van der Waals surface area contributed by atoms with Crippen LogP contribution in [-0.4, -0.2) is 56.5 Å². The van der Waals surface area contributed by atoms with Gasteiger partial charge in [-0.3, -0.25) is 4.90 Å². The normalized spacial score (nSPS) is 16.0. The number of hydrogen-bond donors (Lipinski definition) is 2. The summed E-state index contributed by atoms with van der Waals surface area (Å²) in [6.07, 6.45) is -4.13. The molecule has 1 unspecified atom stereocenters. The van der Waals surface area contributed by atoms with Crippen LogP contribution in [0.1, 0.15) is 30.9 Å². The lowest BCUT2D eigenvalue weighted by molar-refractivity contribution is -0.274. The van der Waals surface area contributed by atoms with Crippen molar-refractivity contribution in [2.75, 3.05) is 17.8 Å². The van der Waals surface area contributed by atoms with E-state index in [1.165, 1.54) is 47.0 Å². The number of methoxy groups -OCH3 is 1. The first kappa shape index (κ1) is 30.9. The van der Waals surface area contributed by atoms with Crippen LogP contribution in [0.15, 0.2) is 78.0 Å². The number of alkyl halides is 3.